The smallest absolute Gasteiger partial charge is 0.335 e. The molecule has 3 N–H and O–H groups in total. The number of hydrogen-bond donors (Lipinski definition) is 2. The number of nitrogen functional groups attached to an aromatic ring is 1. The number of pyridine rings is 1. The first-order valence-electron chi connectivity index (χ1n) is 9.11. The molecule has 0 amide bonds. The average molecular weight is 392 g/mol. The van der Waals surface area contributed by atoms with Crippen LogP contribution < -0.4 is 5.73 Å². The number of carboxylic acid groups (broad SMARTS) is 1. The minimum absolute atomic E-state index is 0.160. The summed E-state index contributed by atoms with van der Waals surface area (Å²) in [5.41, 5.74) is 8.60. The number of aromatic nitrogens is 1. The van der Waals surface area contributed by atoms with Crippen LogP contribution in [0.2, 0.25) is 0 Å². The number of thioether (sulfide) groups is 1. The van der Waals surface area contributed by atoms with E-state index in [-0.39, 0.29) is 17.3 Å². The van der Waals surface area contributed by atoms with Gasteiger partial charge in [-0.1, -0.05) is 31.4 Å². The van der Waals surface area contributed by atoms with Gasteiger partial charge in [0.05, 0.1) is 17.7 Å². The molecule has 1 saturated carbocycles. The predicted octanol–water partition coefficient (Wildman–Crippen LogP) is 5.12. The van der Waals surface area contributed by atoms with Gasteiger partial charge in [0.2, 0.25) is 5.69 Å². The van der Waals surface area contributed by atoms with E-state index >= 15 is 0 Å². The zero-order valence-corrected chi connectivity index (χ0v) is 16.1. The van der Waals surface area contributed by atoms with Gasteiger partial charge in [-0.25, -0.2) is 14.6 Å². The molecule has 6 nitrogen and oxygen atoms in total. The number of nitrogens with two attached hydrogens (primary N) is 1. The summed E-state index contributed by atoms with van der Waals surface area (Å²) in [6.07, 6.45) is 5.24. The largest absolute Gasteiger partial charge is 0.478 e. The van der Waals surface area contributed by atoms with Crippen molar-refractivity contribution in [2.75, 3.05) is 5.73 Å². The third-order valence-corrected chi connectivity index (χ3v) is 6.04. The Hall–Kier alpha value is -3.03. The Kier molecular flexibility index (Phi) is 6.18. The maximum atomic E-state index is 11.2. The summed E-state index contributed by atoms with van der Waals surface area (Å²) < 4.78 is 0. The van der Waals surface area contributed by atoms with E-state index in [1.165, 1.54) is 18.2 Å². The molecule has 7 heteroatoms. The molecule has 28 heavy (non-hydrogen) atoms. The van der Waals surface area contributed by atoms with Crippen LogP contribution in [-0.4, -0.2) is 16.1 Å². The second-order valence-corrected chi connectivity index (χ2v) is 7.76. The monoisotopic (exact) mass is 392 g/mol. The van der Waals surface area contributed by atoms with E-state index in [2.05, 4.69) is 15.9 Å². The van der Waals surface area contributed by atoms with Gasteiger partial charge in [-0.15, -0.1) is 11.8 Å². The summed E-state index contributed by atoms with van der Waals surface area (Å²) in [4.78, 5) is 19.1. The fraction of sp³-hybridized carbons (Fsp3) is 0.333. The highest BCUT2D eigenvalue weighted by Gasteiger charge is 2.26. The summed E-state index contributed by atoms with van der Waals surface area (Å²) in [6.45, 7) is 7.52. The second-order valence-electron chi connectivity index (χ2n) is 6.79. The molecule has 2 aromatic rings. The second kappa shape index (κ2) is 8.77. The molecular weight excluding hydrogens is 372 g/mol. The zero-order chi connectivity index (χ0) is 20.1. The number of anilines is 1. The summed E-state index contributed by atoms with van der Waals surface area (Å²) in [5.74, 6) is -0.194. The van der Waals surface area contributed by atoms with E-state index in [1.807, 2.05) is 6.07 Å². The van der Waals surface area contributed by atoms with Crippen molar-refractivity contribution in [1.82, 2.24) is 4.98 Å². The number of benzene rings is 1. The van der Waals surface area contributed by atoms with Crippen LogP contribution >= 0.6 is 11.8 Å². The fourth-order valence-electron chi connectivity index (χ4n) is 3.65. The fourth-order valence-corrected chi connectivity index (χ4v) is 4.60. The van der Waals surface area contributed by atoms with Crippen molar-refractivity contribution in [2.24, 2.45) is 0 Å². The lowest BCUT2D eigenvalue weighted by atomic mass is 9.82. The van der Waals surface area contributed by atoms with E-state index in [0.29, 0.717) is 22.0 Å². The van der Waals surface area contributed by atoms with Crippen LogP contribution in [0, 0.1) is 17.9 Å². The van der Waals surface area contributed by atoms with Crippen molar-refractivity contribution in [1.29, 1.82) is 5.26 Å². The molecule has 0 saturated heterocycles. The number of nitriles is 1. The molecule has 0 bridgehead atoms. The molecule has 1 aliphatic rings. The standard InChI is InChI=1S/C21H20N4O2S/c1-24-18-17(14-7-3-2-4-8-14)16(11-22)20(25-19(18)23)28-12-13-6-5-9-15(10-13)21(26)27/h5-6,9-10,14H,2-4,7-8,12H2,(H2,23,25)(H,26,27). The molecule has 1 fully saturated rings. The van der Waals surface area contributed by atoms with Gasteiger partial charge < -0.3 is 10.8 Å². The number of nitrogens with zero attached hydrogens (tertiary/aromatic N) is 3. The van der Waals surface area contributed by atoms with Gasteiger partial charge >= 0.3 is 5.97 Å². The van der Waals surface area contributed by atoms with Crippen molar-refractivity contribution in [3.8, 4) is 6.07 Å². The Morgan fingerprint density at radius 1 is 1.39 bits per heavy atom. The molecular formula is C21H20N4O2S. The summed E-state index contributed by atoms with van der Waals surface area (Å²) >= 11 is 1.35. The summed E-state index contributed by atoms with van der Waals surface area (Å²) in [6, 6.07) is 8.94. The van der Waals surface area contributed by atoms with E-state index in [4.69, 9.17) is 17.4 Å². The van der Waals surface area contributed by atoms with E-state index in [1.54, 1.807) is 18.2 Å². The van der Waals surface area contributed by atoms with Crippen LogP contribution in [0.3, 0.4) is 0 Å². The highest BCUT2D eigenvalue weighted by Crippen LogP contribution is 2.44. The number of rotatable bonds is 5. The van der Waals surface area contributed by atoms with Crippen molar-refractivity contribution < 1.29 is 9.90 Å². The van der Waals surface area contributed by atoms with E-state index < -0.39 is 5.97 Å². The van der Waals surface area contributed by atoms with Crippen LogP contribution in [-0.2, 0) is 5.75 Å². The first-order chi connectivity index (χ1) is 13.5. The molecule has 142 valence electrons. The lowest BCUT2D eigenvalue weighted by Crippen LogP contribution is -2.10. The predicted molar refractivity (Wildman–Crippen MR) is 108 cm³/mol. The van der Waals surface area contributed by atoms with Crippen molar-refractivity contribution in [2.45, 2.75) is 48.8 Å². The van der Waals surface area contributed by atoms with E-state index in [9.17, 15) is 10.1 Å². The third kappa shape index (κ3) is 4.11. The van der Waals surface area contributed by atoms with Crippen LogP contribution in [0.15, 0.2) is 29.3 Å². The summed E-state index contributed by atoms with van der Waals surface area (Å²) in [7, 11) is 0. The first-order valence-corrected chi connectivity index (χ1v) is 10.1. The lowest BCUT2D eigenvalue weighted by molar-refractivity contribution is 0.0697. The highest BCUT2D eigenvalue weighted by molar-refractivity contribution is 7.98. The topological polar surface area (TPSA) is 104 Å². The third-order valence-electron chi connectivity index (χ3n) is 4.99. The van der Waals surface area contributed by atoms with Crippen molar-refractivity contribution >= 4 is 29.2 Å². The van der Waals surface area contributed by atoms with Crippen molar-refractivity contribution in [3.63, 3.8) is 0 Å². The van der Waals surface area contributed by atoms with Crippen LogP contribution in [0.1, 0.15) is 65.1 Å². The molecule has 0 unspecified atom stereocenters. The van der Waals surface area contributed by atoms with Gasteiger partial charge in [0.15, 0.2) is 0 Å². The van der Waals surface area contributed by atoms with Gasteiger partial charge in [0.25, 0.3) is 0 Å². The minimum Gasteiger partial charge on any atom is -0.478 e. The Morgan fingerprint density at radius 2 is 2.14 bits per heavy atom. The van der Waals surface area contributed by atoms with Gasteiger partial charge in [-0.05, 0) is 42.0 Å². The number of hydrogen-bond acceptors (Lipinski definition) is 5. The summed E-state index contributed by atoms with van der Waals surface area (Å²) in [5, 5.41) is 19.5. The molecule has 1 aromatic carbocycles. The van der Waals surface area contributed by atoms with E-state index in [0.717, 1.165) is 36.8 Å². The van der Waals surface area contributed by atoms with Crippen LogP contribution in [0.25, 0.3) is 4.85 Å². The van der Waals surface area contributed by atoms with Gasteiger partial charge in [-0.2, -0.15) is 5.26 Å². The molecule has 0 atom stereocenters. The normalized spacial score (nSPS) is 14.2. The van der Waals surface area contributed by atoms with Gasteiger partial charge in [0.1, 0.15) is 16.9 Å². The maximum absolute atomic E-state index is 11.2. The zero-order valence-electron chi connectivity index (χ0n) is 15.3. The first kappa shape index (κ1) is 19.7. The minimum atomic E-state index is -0.979. The van der Waals surface area contributed by atoms with Crippen molar-refractivity contribution in [3.05, 3.63) is 57.9 Å². The van der Waals surface area contributed by atoms with Crippen LogP contribution in [0.5, 0.6) is 0 Å². The molecule has 0 aliphatic heterocycles. The molecule has 1 aromatic heterocycles. The quantitative estimate of drug-likeness (QED) is 0.540. The molecule has 1 heterocycles. The van der Waals surface area contributed by atoms with Gasteiger partial charge in [0, 0.05) is 5.75 Å². The van der Waals surface area contributed by atoms with Gasteiger partial charge in [-0.3, -0.25) is 0 Å². The number of carbonyl (C=O) groups is 1. The number of carboxylic acids is 1. The molecule has 0 radical (unpaired) electrons. The molecule has 1 aliphatic carbocycles. The SMILES string of the molecule is [C-]#[N+]c1c(N)nc(SCc2cccc(C(=O)O)c2)c(C#N)c1C1CCCCC1. The Morgan fingerprint density at radius 3 is 2.79 bits per heavy atom. The molecule has 0 spiro atoms. The Labute approximate surface area is 168 Å². The maximum Gasteiger partial charge on any atom is 0.335 e. The Balaban J connectivity index is 1.96. The number of aromatic carboxylic acids is 1. The van der Waals surface area contributed by atoms with Crippen LogP contribution in [0.4, 0.5) is 11.5 Å². The average Bonchev–Trinajstić information content (AvgIpc) is 2.72. The lowest BCUT2D eigenvalue weighted by Gasteiger charge is -2.25. The molecule has 3 rings (SSSR count). The Bertz CT molecular complexity index is 985. The highest BCUT2D eigenvalue weighted by atomic mass is 32.2.